The summed E-state index contributed by atoms with van der Waals surface area (Å²) < 4.78 is 0. The number of carboxylic acids is 2. The van der Waals surface area contributed by atoms with Gasteiger partial charge in [0.25, 0.3) is 0 Å². The molecule has 0 aromatic heterocycles. The van der Waals surface area contributed by atoms with Gasteiger partial charge in [0.15, 0.2) is 5.41 Å². The summed E-state index contributed by atoms with van der Waals surface area (Å²) in [5, 5.41) is 18.0. The standard InChI is InChI=1S/C11H14O4/c1-2-4-8-5-3-6-11(7-8,9(12)13)10(14)15/h3,5-6H,2,4,7H2,1H3,(H,12,13)(H,14,15). The van der Waals surface area contributed by atoms with Crippen molar-refractivity contribution in [2.75, 3.05) is 0 Å². The minimum atomic E-state index is -1.76. The third kappa shape index (κ3) is 2.09. The van der Waals surface area contributed by atoms with Crippen molar-refractivity contribution in [2.24, 2.45) is 5.41 Å². The summed E-state index contributed by atoms with van der Waals surface area (Å²) in [6.45, 7) is 1.97. The van der Waals surface area contributed by atoms with E-state index in [2.05, 4.69) is 0 Å². The highest BCUT2D eigenvalue weighted by Gasteiger charge is 2.45. The average molecular weight is 210 g/mol. The van der Waals surface area contributed by atoms with Crippen LogP contribution in [0.2, 0.25) is 0 Å². The van der Waals surface area contributed by atoms with Crippen LogP contribution in [0.15, 0.2) is 23.8 Å². The van der Waals surface area contributed by atoms with Crippen molar-refractivity contribution in [1.29, 1.82) is 0 Å². The molecule has 1 aliphatic rings. The minimum Gasteiger partial charge on any atom is -0.480 e. The molecule has 4 heteroatoms. The van der Waals surface area contributed by atoms with E-state index in [9.17, 15) is 9.59 Å². The highest BCUT2D eigenvalue weighted by molar-refractivity contribution is 6.01. The lowest BCUT2D eigenvalue weighted by Gasteiger charge is -2.25. The maximum absolute atomic E-state index is 11.0. The first kappa shape index (κ1) is 11.5. The van der Waals surface area contributed by atoms with E-state index in [0.29, 0.717) is 0 Å². The summed E-state index contributed by atoms with van der Waals surface area (Å²) in [4.78, 5) is 22.0. The Balaban J connectivity index is 2.97. The first-order valence-electron chi connectivity index (χ1n) is 4.87. The first-order valence-corrected chi connectivity index (χ1v) is 4.87. The average Bonchev–Trinajstić information content (AvgIpc) is 2.18. The third-order valence-corrected chi connectivity index (χ3v) is 2.55. The molecule has 0 radical (unpaired) electrons. The molecule has 0 saturated carbocycles. The third-order valence-electron chi connectivity index (χ3n) is 2.55. The zero-order valence-electron chi connectivity index (χ0n) is 8.56. The zero-order valence-corrected chi connectivity index (χ0v) is 8.56. The SMILES string of the molecule is CCCC1=CC=CC(C(=O)O)(C(=O)O)C1. The Bertz CT molecular complexity index is 324. The van der Waals surface area contributed by atoms with Crippen LogP contribution in [0, 0.1) is 5.41 Å². The molecule has 0 fully saturated rings. The molecule has 82 valence electrons. The number of aliphatic carboxylic acids is 2. The second kappa shape index (κ2) is 4.29. The molecule has 2 N–H and O–H groups in total. The molecule has 0 unspecified atom stereocenters. The minimum absolute atomic E-state index is 0.0714. The van der Waals surface area contributed by atoms with Crippen LogP contribution in [0.1, 0.15) is 26.2 Å². The van der Waals surface area contributed by atoms with E-state index in [1.54, 1.807) is 6.08 Å². The molecule has 15 heavy (non-hydrogen) atoms. The van der Waals surface area contributed by atoms with Gasteiger partial charge in [0.05, 0.1) is 0 Å². The Morgan fingerprint density at radius 1 is 1.40 bits per heavy atom. The molecule has 0 aliphatic heterocycles. The summed E-state index contributed by atoms with van der Waals surface area (Å²) in [7, 11) is 0. The molecule has 0 aromatic carbocycles. The van der Waals surface area contributed by atoms with Gasteiger partial charge in [-0.05, 0) is 12.8 Å². The van der Waals surface area contributed by atoms with Gasteiger partial charge in [-0.3, -0.25) is 9.59 Å². The topological polar surface area (TPSA) is 74.6 Å². The largest absolute Gasteiger partial charge is 0.480 e. The zero-order chi connectivity index (χ0) is 11.5. The molecule has 0 saturated heterocycles. The van der Waals surface area contributed by atoms with Crippen LogP contribution in [0.5, 0.6) is 0 Å². The van der Waals surface area contributed by atoms with Crippen molar-refractivity contribution >= 4 is 11.9 Å². The van der Waals surface area contributed by atoms with E-state index in [0.717, 1.165) is 18.4 Å². The molecule has 1 aliphatic carbocycles. The lowest BCUT2D eigenvalue weighted by Crippen LogP contribution is -2.38. The van der Waals surface area contributed by atoms with Gasteiger partial charge in [-0.2, -0.15) is 0 Å². The van der Waals surface area contributed by atoms with E-state index in [4.69, 9.17) is 10.2 Å². The van der Waals surface area contributed by atoms with Crippen LogP contribution in [0.3, 0.4) is 0 Å². The smallest absolute Gasteiger partial charge is 0.325 e. The van der Waals surface area contributed by atoms with Crippen LogP contribution < -0.4 is 0 Å². The Morgan fingerprint density at radius 3 is 2.47 bits per heavy atom. The van der Waals surface area contributed by atoms with E-state index in [1.807, 2.05) is 6.92 Å². The highest BCUT2D eigenvalue weighted by Crippen LogP contribution is 2.34. The number of hydrogen-bond donors (Lipinski definition) is 2. The summed E-state index contributed by atoms with van der Waals surface area (Å²) in [5.41, 5.74) is -0.885. The van der Waals surface area contributed by atoms with Gasteiger partial charge in [-0.15, -0.1) is 0 Å². The molecule has 4 nitrogen and oxygen atoms in total. The quantitative estimate of drug-likeness (QED) is 0.694. The van der Waals surface area contributed by atoms with Crippen LogP contribution in [-0.2, 0) is 9.59 Å². The summed E-state index contributed by atoms with van der Waals surface area (Å²) in [6.07, 6.45) is 6.27. The lowest BCUT2D eigenvalue weighted by molar-refractivity contribution is -0.160. The predicted molar refractivity (Wildman–Crippen MR) is 54.5 cm³/mol. The normalized spacial score (nSPS) is 18.3. The number of allylic oxidation sites excluding steroid dienone is 3. The molecule has 0 heterocycles. The van der Waals surface area contributed by atoms with Gasteiger partial charge < -0.3 is 10.2 Å². The van der Waals surface area contributed by atoms with Crippen molar-refractivity contribution in [3.05, 3.63) is 23.8 Å². The van der Waals surface area contributed by atoms with Crippen LogP contribution in [-0.4, -0.2) is 22.2 Å². The molecule has 0 amide bonds. The number of carboxylic acid groups (broad SMARTS) is 2. The van der Waals surface area contributed by atoms with Gasteiger partial charge >= 0.3 is 11.9 Å². The summed E-state index contributed by atoms with van der Waals surface area (Å²) in [6, 6.07) is 0. The van der Waals surface area contributed by atoms with Gasteiger partial charge in [0, 0.05) is 0 Å². The fourth-order valence-electron chi connectivity index (χ4n) is 1.70. The van der Waals surface area contributed by atoms with Crippen molar-refractivity contribution < 1.29 is 19.8 Å². The van der Waals surface area contributed by atoms with Gasteiger partial charge in [-0.25, -0.2) is 0 Å². The molecule has 0 aromatic rings. The molecular formula is C11H14O4. The van der Waals surface area contributed by atoms with E-state index in [1.165, 1.54) is 12.2 Å². The highest BCUT2D eigenvalue weighted by atomic mass is 16.4. The van der Waals surface area contributed by atoms with Crippen LogP contribution >= 0.6 is 0 Å². The Labute approximate surface area is 87.9 Å². The Kier molecular flexibility index (Phi) is 3.29. The molecule has 0 bridgehead atoms. The van der Waals surface area contributed by atoms with Gasteiger partial charge in [0.1, 0.15) is 0 Å². The fraction of sp³-hybridized carbons (Fsp3) is 0.455. The van der Waals surface area contributed by atoms with E-state index < -0.39 is 17.4 Å². The summed E-state index contributed by atoms with van der Waals surface area (Å²) >= 11 is 0. The van der Waals surface area contributed by atoms with E-state index in [-0.39, 0.29) is 6.42 Å². The maximum Gasteiger partial charge on any atom is 0.325 e. The van der Waals surface area contributed by atoms with E-state index >= 15 is 0 Å². The second-order valence-corrected chi connectivity index (χ2v) is 3.69. The van der Waals surface area contributed by atoms with Gasteiger partial charge in [0.2, 0.25) is 0 Å². The fourth-order valence-corrected chi connectivity index (χ4v) is 1.70. The maximum atomic E-state index is 11.0. The lowest BCUT2D eigenvalue weighted by atomic mass is 9.77. The van der Waals surface area contributed by atoms with Crippen molar-refractivity contribution in [1.82, 2.24) is 0 Å². The monoisotopic (exact) mass is 210 g/mol. The van der Waals surface area contributed by atoms with Gasteiger partial charge in [-0.1, -0.05) is 37.1 Å². The van der Waals surface area contributed by atoms with Crippen molar-refractivity contribution in [3.8, 4) is 0 Å². The Morgan fingerprint density at radius 2 is 2.00 bits per heavy atom. The number of carbonyl (C=O) groups is 2. The molecule has 0 atom stereocenters. The second-order valence-electron chi connectivity index (χ2n) is 3.69. The number of hydrogen-bond acceptors (Lipinski definition) is 2. The summed E-state index contributed by atoms with van der Waals surface area (Å²) in [5.74, 6) is -2.60. The number of rotatable bonds is 4. The Hall–Kier alpha value is -1.58. The predicted octanol–water partition coefficient (Wildman–Crippen LogP) is 1.83. The van der Waals surface area contributed by atoms with Crippen molar-refractivity contribution in [3.63, 3.8) is 0 Å². The molecule has 0 spiro atoms. The van der Waals surface area contributed by atoms with Crippen molar-refractivity contribution in [2.45, 2.75) is 26.2 Å². The van der Waals surface area contributed by atoms with Crippen LogP contribution in [0.4, 0.5) is 0 Å². The molecule has 1 rings (SSSR count). The first-order chi connectivity index (χ1) is 7.03. The molecular weight excluding hydrogens is 196 g/mol. The van der Waals surface area contributed by atoms with Crippen LogP contribution in [0.25, 0.3) is 0 Å².